The Morgan fingerprint density at radius 2 is 1.94 bits per heavy atom. The van der Waals surface area contributed by atoms with Crippen LogP contribution in [0.4, 0.5) is 0 Å². The van der Waals surface area contributed by atoms with Crippen molar-refractivity contribution in [3.8, 4) is 5.75 Å². The molecule has 0 N–H and O–H groups in total. The highest BCUT2D eigenvalue weighted by Crippen LogP contribution is 2.29. The number of hydrogen-bond acceptors (Lipinski definition) is 2. The fourth-order valence-electron chi connectivity index (χ4n) is 1.44. The largest absolute Gasteiger partial charge is 0.489 e. The number of alkyl halides is 1. The van der Waals surface area contributed by atoms with Gasteiger partial charge in [0.25, 0.3) is 0 Å². The molecule has 0 bridgehead atoms. The summed E-state index contributed by atoms with van der Waals surface area (Å²) in [6.07, 6.45) is 1.07. The first-order valence-corrected chi connectivity index (χ1v) is 7.10. The summed E-state index contributed by atoms with van der Waals surface area (Å²) in [4.78, 5) is 0. The molecule has 0 aliphatic carbocycles. The number of para-hydroxylation sites is 1. The third-order valence-corrected chi connectivity index (χ3v) is 3.09. The van der Waals surface area contributed by atoms with Crippen LogP contribution in [0.3, 0.4) is 0 Å². The number of rotatable bonds is 8. The van der Waals surface area contributed by atoms with Crippen molar-refractivity contribution in [1.82, 2.24) is 0 Å². The fraction of sp³-hybridized carbons (Fsp3) is 0.571. The lowest BCUT2D eigenvalue weighted by atomic mass is 10.1. The molecule has 1 aromatic carbocycles. The Kier molecular flexibility index (Phi) is 7.48. The lowest BCUT2D eigenvalue weighted by molar-refractivity contribution is 0.0924. The van der Waals surface area contributed by atoms with Gasteiger partial charge < -0.3 is 9.47 Å². The van der Waals surface area contributed by atoms with E-state index in [0.717, 1.165) is 18.6 Å². The smallest absolute Gasteiger partial charge is 0.142 e. The molecule has 0 aliphatic heterocycles. The second kappa shape index (κ2) is 8.63. The summed E-state index contributed by atoms with van der Waals surface area (Å²) in [7, 11) is 0. The normalized spacial score (nSPS) is 10.9. The quantitative estimate of drug-likeness (QED) is 0.518. The standard InChI is InChI=1S/C14H20Cl2O2/c1-11(2)6-7-17-8-9-18-14-12(10-15)4-3-5-13(14)16/h3-5,11H,6-10H2,1-2H3. The molecule has 0 fully saturated rings. The van der Waals surface area contributed by atoms with Crippen LogP contribution < -0.4 is 4.74 Å². The van der Waals surface area contributed by atoms with E-state index >= 15 is 0 Å². The molecule has 18 heavy (non-hydrogen) atoms. The summed E-state index contributed by atoms with van der Waals surface area (Å²) in [6.45, 7) is 6.18. The van der Waals surface area contributed by atoms with Gasteiger partial charge in [-0.3, -0.25) is 0 Å². The van der Waals surface area contributed by atoms with Gasteiger partial charge in [-0.25, -0.2) is 0 Å². The Balaban J connectivity index is 2.31. The zero-order valence-corrected chi connectivity index (χ0v) is 12.4. The van der Waals surface area contributed by atoms with Crippen molar-refractivity contribution >= 4 is 23.2 Å². The van der Waals surface area contributed by atoms with Gasteiger partial charge >= 0.3 is 0 Å². The molecular weight excluding hydrogens is 271 g/mol. The molecule has 0 saturated carbocycles. The predicted molar refractivity (Wildman–Crippen MR) is 76.8 cm³/mol. The van der Waals surface area contributed by atoms with E-state index in [9.17, 15) is 0 Å². The number of hydrogen-bond donors (Lipinski definition) is 0. The highest BCUT2D eigenvalue weighted by atomic mass is 35.5. The monoisotopic (exact) mass is 290 g/mol. The topological polar surface area (TPSA) is 18.5 Å². The Bertz CT molecular complexity index is 354. The second-order valence-corrected chi connectivity index (χ2v) is 5.18. The van der Waals surface area contributed by atoms with Crippen LogP contribution in [0, 0.1) is 5.92 Å². The van der Waals surface area contributed by atoms with Crippen LogP contribution in [0.15, 0.2) is 18.2 Å². The summed E-state index contributed by atoms with van der Waals surface area (Å²) in [5.41, 5.74) is 0.909. The summed E-state index contributed by atoms with van der Waals surface area (Å²) in [5.74, 6) is 1.73. The molecule has 0 amide bonds. The molecule has 102 valence electrons. The van der Waals surface area contributed by atoms with Crippen molar-refractivity contribution in [2.24, 2.45) is 5.92 Å². The zero-order chi connectivity index (χ0) is 13.4. The molecular formula is C14H20Cl2O2. The van der Waals surface area contributed by atoms with E-state index in [1.165, 1.54) is 0 Å². The molecule has 0 aliphatic rings. The first-order chi connectivity index (χ1) is 8.65. The fourth-order valence-corrected chi connectivity index (χ4v) is 1.90. The van der Waals surface area contributed by atoms with Gasteiger partial charge in [-0.05, 0) is 18.4 Å². The van der Waals surface area contributed by atoms with E-state index in [0.29, 0.717) is 35.8 Å². The van der Waals surface area contributed by atoms with Crippen LogP contribution >= 0.6 is 23.2 Å². The van der Waals surface area contributed by atoms with Gasteiger partial charge in [0.1, 0.15) is 12.4 Å². The third-order valence-electron chi connectivity index (χ3n) is 2.51. The summed E-state index contributed by atoms with van der Waals surface area (Å²) >= 11 is 11.9. The molecule has 4 heteroatoms. The average molecular weight is 291 g/mol. The summed E-state index contributed by atoms with van der Waals surface area (Å²) in [5, 5.41) is 0.593. The predicted octanol–water partition coefficient (Wildman–Crippen LogP) is 4.52. The molecule has 1 aromatic rings. The van der Waals surface area contributed by atoms with Crippen molar-refractivity contribution in [1.29, 1.82) is 0 Å². The van der Waals surface area contributed by atoms with Gasteiger partial charge in [0, 0.05) is 12.2 Å². The second-order valence-electron chi connectivity index (χ2n) is 4.51. The Morgan fingerprint density at radius 1 is 1.17 bits per heavy atom. The SMILES string of the molecule is CC(C)CCOCCOc1c(Cl)cccc1CCl. The number of halogens is 2. The van der Waals surface area contributed by atoms with Gasteiger partial charge in [0.05, 0.1) is 17.5 Å². The number of ether oxygens (including phenoxy) is 2. The van der Waals surface area contributed by atoms with Crippen molar-refractivity contribution in [2.75, 3.05) is 19.8 Å². The Labute approximate surface area is 119 Å². The molecule has 0 saturated heterocycles. The third kappa shape index (κ3) is 5.47. The van der Waals surface area contributed by atoms with Gasteiger partial charge in [-0.2, -0.15) is 0 Å². The molecule has 1 rings (SSSR count). The van der Waals surface area contributed by atoms with E-state index in [1.807, 2.05) is 12.1 Å². The van der Waals surface area contributed by atoms with Crippen LogP contribution in [-0.2, 0) is 10.6 Å². The van der Waals surface area contributed by atoms with E-state index in [-0.39, 0.29) is 0 Å². The van der Waals surface area contributed by atoms with Gasteiger partial charge in [0.2, 0.25) is 0 Å². The Hall–Kier alpha value is -0.440. The van der Waals surface area contributed by atoms with Crippen molar-refractivity contribution in [3.05, 3.63) is 28.8 Å². The maximum absolute atomic E-state index is 6.07. The maximum Gasteiger partial charge on any atom is 0.142 e. The molecule has 0 aromatic heterocycles. The van der Waals surface area contributed by atoms with Gasteiger partial charge in [0.15, 0.2) is 0 Å². The van der Waals surface area contributed by atoms with Crippen LogP contribution in [0.25, 0.3) is 0 Å². The van der Waals surface area contributed by atoms with Gasteiger partial charge in [-0.1, -0.05) is 37.6 Å². The molecule has 0 heterocycles. The van der Waals surface area contributed by atoms with Crippen molar-refractivity contribution in [3.63, 3.8) is 0 Å². The first kappa shape index (κ1) is 15.6. The lowest BCUT2D eigenvalue weighted by Gasteiger charge is -2.12. The minimum atomic E-state index is 0.393. The van der Waals surface area contributed by atoms with Crippen LogP contribution in [0.1, 0.15) is 25.8 Å². The van der Waals surface area contributed by atoms with Crippen LogP contribution in [0.2, 0.25) is 5.02 Å². The van der Waals surface area contributed by atoms with E-state index in [4.69, 9.17) is 32.7 Å². The van der Waals surface area contributed by atoms with Crippen molar-refractivity contribution in [2.45, 2.75) is 26.1 Å². The number of benzene rings is 1. The molecule has 0 atom stereocenters. The minimum absolute atomic E-state index is 0.393. The Morgan fingerprint density at radius 3 is 2.61 bits per heavy atom. The first-order valence-electron chi connectivity index (χ1n) is 6.19. The highest BCUT2D eigenvalue weighted by Gasteiger charge is 2.07. The van der Waals surface area contributed by atoms with E-state index in [1.54, 1.807) is 6.07 Å². The molecule has 0 radical (unpaired) electrons. The molecule has 0 unspecified atom stereocenters. The van der Waals surface area contributed by atoms with Crippen LogP contribution in [0.5, 0.6) is 5.75 Å². The van der Waals surface area contributed by atoms with Crippen molar-refractivity contribution < 1.29 is 9.47 Å². The summed E-state index contributed by atoms with van der Waals surface area (Å²) < 4.78 is 11.1. The lowest BCUT2D eigenvalue weighted by Crippen LogP contribution is -2.09. The van der Waals surface area contributed by atoms with E-state index in [2.05, 4.69) is 13.8 Å². The highest BCUT2D eigenvalue weighted by molar-refractivity contribution is 6.32. The molecule has 2 nitrogen and oxygen atoms in total. The molecule has 0 spiro atoms. The van der Waals surface area contributed by atoms with Crippen LogP contribution in [-0.4, -0.2) is 19.8 Å². The minimum Gasteiger partial charge on any atom is -0.489 e. The summed E-state index contributed by atoms with van der Waals surface area (Å²) in [6, 6.07) is 5.58. The average Bonchev–Trinajstić information content (AvgIpc) is 2.34. The van der Waals surface area contributed by atoms with E-state index < -0.39 is 0 Å². The van der Waals surface area contributed by atoms with Gasteiger partial charge in [-0.15, -0.1) is 11.6 Å². The zero-order valence-electron chi connectivity index (χ0n) is 10.9. The maximum atomic E-state index is 6.07.